The maximum absolute atomic E-state index is 12.4. The van der Waals surface area contributed by atoms with Crippen LogP contribution >= 0.6 is 11.3 Å². The van der Waals surface area contributed by atoms with Crippen LogP contribution in [0.2, 0.25) is 0 Å². The molecule has 0 spiro atoms. The van der Waals surface area contributed by atoms with Gasteiger partial charge in [-0.2, -0.15) is 0 Å². The normalized spacial score (nSPS) is 12.3. The topological polar surface area (TPSA) is 45.5 Å². The van der Waals surface area contributed by atoms with Gasteiger partial charge in [0.05, 0.1) is 12.6 Å². The second kappa shape index (κ2) is 6.46. The Labute approximate surface area is 139 Å². The molecule has 5 heteroatoms. The molecular formula is C18H20N2O2S. The van der Waals surface area contributed by atoms with Gasteiger partial charge >= 0.3 is 6.03 Å². The lowest BCUT2D eigenvalue weighted by atomic mass is 10.2. The summed E-state index contributed by atoms with van der Waals surface area (Å²) in [5.74, 6) is 0.788. The van der Waals surface area contributed by atoms with Gasteiger partial charge in [0.15, 0.2) is 0 Å². The first-order chi connectivity index (χ1) is 11.1. The predicted octanol–water partition coefficient (Wildman–Crippen LogP) is 4.71. The highest BCUT2D eigenvalue weighted by molar-refractivity contribution is 7.10. The van der Waals surface area contributed by atoms with Crippen molar-refractivity contribution < 1.29 is 9.21 Å². The molecule has 0 bridgehead atoms. The minimum Gasteiger partial charge on any atom is -0.459 e. The standard InChI is InChI=1S/C18H20N2O2S/c1-12-8-9-23-17(12)11-19-18(21)20(3)13(2)16-10-14-6-4-5-7-15(14)22-16/h4-10,13H,11H2,1-3H3,(H,19,21). The molecule has 2 heterocycles. The Balaban J connectivity index is 1.67. The van der Waals surface area contributed by atoms with E-state index in [2.05, 4.69) is 18.3 Å². The molecule has 0 radical (unpaired) electrons. The number of nitrogens with one attached hydrogen (secondary N) is 1. The second-order valence-electron chi connectivity index (χ2n) is 5.66. The summed E-state index contributed by atoms with van der Waals surface area (Å²) in [6.45, 7) is 4.58. The molecule has 1 atom stereocenters. The van der Waals surface area contributed by atoms with Crippen LogP contribution in [0.4, 0.5) is 4.79 Å². The van der Waals surface area contributed by atoms with Gasteiger partial charge in [0, 0.05) is 17.3 Å². The van der Waals surface area contributed by atoms with Crippen LogP contribution in [0.15, 0.2) is 46.2 Å². The Morgan fingerprint density at radius 1 is 1.35 bits per heavy atom. The number of urea groups is 1. The molecule has 3 aromatic rings. The number of rotatable bonds is 4. The third-order valence-corrected chi connectivity index (χ3v) is 5.15. The molecule has 0 aliphatic heterocycles. The zero-order valence-electron chi connectivity index (χ0n) is 13.5. The fraction of sp³-hybridized carbons (Fsp3) is 0.278. The quantitative estimate of drug-likeness (QED) is 0.754. The molecule has 23 heavy (non-hydrogen) atoms. The van der Waals surface area contributed by atoms with Crippen LogP contribution in [0.5, 0.6) is 0 Å². The number of benzene rings is 1. The molecule has 0 aliphatic rings. The zero-order valence-corrected chi connectivity index (χ0v) is 14.3. The molecular weight excluding hydrogens is 308 g/mol. The number of para-hydroxylation sites is 1. The van der Waals surface area contributed by atoms with Crippen molar-refractivity contribution in [3.8, 4) is 0 Å². The van der Waals surface area contributed by atoms with Crippen LogP contribution in [0, 0.1) is 6.92 Å². The number of hydrogen-bond donors (Lipinski definition) is 1. The maximum Gasteiger partial charge on any atom is 0.318 e. The summed E-state index contributed by atoms with van der Waals surface area (Å²) in [6, 6.07) is 11.7. The first-order valence-corrected chi connectivity index (χ1v) is 8.46. The number of aryl methyl sites for hydroxylation is 1. The second-order valence-corrected chi connectivity index (χ2v) is 6.66. The summed E-state index contributed by atoms with van der Waals surface area (Å²) in [6.07, 6.45) is 0. The van der Waals surface area contributed by atoms with Crippen molar-refractivity contribution in [2.24, 2.45) is 0 Å². The highest BCUT2D eigenvalue weighted by Gasteiger charge is 2.20. The lowest BCUT2D eigenvalue weighted by Gasteiger charge is -2.23. The molecule has 2 amide bonds. The van der Waals surface area contributed by atoms with E-state index in [4.69, 9.17) is 4.42 Å². The molecule has 0 fully saturated rings. The Kier molecular flexibility index (Phi) is 4.39. The number of carbonyl (C=O) groups is 1. The van der Waals surface area contributed by atoms with Crippen LogP contribution in [0.1, 0.15) is 29.2 Å². The van der Waals surface area contributed by atoms with E-state index < -0.39 is 0 Å². The van der Waals surface area contributed by atoms with Crippen LogP contribution in [-0.2, 0) is 6.54 Å². The molecule has 1 unspecified atom stereocenters. The lowest BCUT2D eigenvalue weighted by molar-refractivity contribution is 0.187. The summed E-state index contributed by atoms with van der Waals surface area (Å²) in [7, 11) is 1.79. The third-order valence-electron chi connectivity index (χ3n) is 4.13. The Hall–Kier alpha value is -2.27. The van der Waals surface area contributed by atoms with Gasteiger partial charge in [-0.25, -0.2) is 4.79 Å². The molecule has 1 aromatic carbocycles. The zero-order chi connectivity index (χ0) is 16.4. The summed E-state index contributed by atoms with van der Waals surface area (Å²) in [4.78, 5) is 15.2. The monoisotopic (exact) mass is 328 g/mol. The first kappa shape index (κ1) is 15.6. The van der Waals surface area contributed by atoms with Gasteiger partial charge in [-0.1, -0.05) is 18.2 Å². The molecule has 0 saturated heterocycles. The van der Waals surface area contributed by atoms with Crippen LogP contribution in [0.25, 0.3) is 11.0 Å². The minimum atomic E-state index is -0.133. The molecule has 2 aromatic heterocycles. The number of fused-ring (bicyclic) bond motifs is 1. The van der Waals surface area contributed by atoms with Gasteiger partial charge in [0.25, 0.3) is 0 Å². The van der Waals surface area contributed by atoms with E-state index in [0.717, 1.165) is 16.7 Å². The number of hydrogen-bond acceptors (Lipinski definition) is 3. The van der Waals surface area contributed by atoms with Gasteiger partial charge in [0.2, 0.25) is 0 Å². The Morgan fingerprint density at radius 2 is 2.13 bits per heavy atom. The smallest absolute Gasteiger partial charge is 0.318 e. The SMILES string of the molecule is Cc1ccsc1CNC(=O)N(C)C(C)c1cc2ccccc2o1. The van der Waals surface area contributed by atoms with Crippen LogP contribution in [-0.4, -0.2) is 18.0 Å². The highest BCUT2D eigenvalue weighted by atomic mass is 32.1. The van der Waals surface area contributed by atoms with Crippen molar-refractivity contribution in [1.29, 1.82) is 0 Å². The number of furan rings is 1. The van der Waals surface area contributed by atoms with Gasteiger partial charge in [0.1, 0.15) is 11.3 Å². The predicted molar refractivity (Wildman–Crippen MR) is 93.7 cm³/mol. The largest absolute Gasteiger partial charge is 0.459 e. The molecule has 120 valence electrons. The van der Waals surface area contributed by atoms with Gasteiger partial charge < -0.3 is 14.6 Å². The molecule has 4 nitrogen and oxygen atoms in total. The maximum atomic E-state index is 12.4. The Bertz CT molecular complexity index is 788. The van der Waals surface area contributed by atoms with E-state index in [1.165, 1.54) is 10.4 Å². The van der Waals surface area contributed by atoms with Crippen molar-refractivity contribution in [3.05, 3.63) is 58.0 Å². The van der Waals surface area contributed by atoms with E-state index in [-0.39, 0.29) is 12.1 Å². The molecule has 1 N–H and O–H groups in total. The summed E-state index contributed by atoms with van der Waals surface area (Å²) >= 11 is 1.66. The summed E-state index contributed by atoms with van der Waals surface area (Å²) in [5, 5.41) is 6.06. The lowest BCUT2D eigenvalue weighted by Crippen LogP contribution is -2.38. The molecule has 3 rings (SSSR count). The number of carbonyl (C=O) groups excluding carboxylic acids is 1. The van der Waals surface area contributed by atoms with E-state index in [1.807, 2.05) is 42.6 Å². The van der Waals surface area contributed by atoms with Gasteiger partial charge in [-0.15, -0.1) is 11.3 Å². The fourth-order valence-electron chi connectivity index (χ4n) is 2.44. The van der Waals surface area contributed by atoms with Crippen molar-refractivity contribution in [3.63, 3.8) is 0 Å². The van der Waals surface area contributed by atoms with E-state index in [9.17, 15) is 4.79 Å². The van der Waals surface area contributed by atoms with E-state index in [0.29, 0.717) is 6.54 Å². The van der Waals surface area contributed by atoms with Crippen LogP contribution in [0.3, 0.4) is 0 Å². The van der Waals surface area contributed by atoms with Crippen molar-refractivity contribution in [2.75, 3.05) is 7.05 Å². The van der Waals surface area contributed by atoms with Gasteiger partial charge in [-0.05, 0) is 43.0 Å². The van der Waals surface area contributed by atoms with Crippen molar-refractivity contribution >= 4 is 28.3 Å². The highest BCUT2D eigenvalue weighted by Crippen LogP contribution is 2.26. The molecule has 0 saturated carbocycles. The number of amides is 2. The number of nitrogens with zero attached hydrogens (tertiary/aromatic N) is 1. The van der Waals surface area contributed by atoms with E-state index >= 15 is 0 Å². The molecule has 0 aliphatic carbocycles. The average Bonchev–Trinajstić information content (AvgIpc) is 3.17. The summed E-state index contributed by atoms with van der Waals surface area (Å²) in [5.41, 5.74) is 2.06. The minimum absolute atomic E-state index is 0.106. The summed E-state index contributed by atoms with van der Waals surface area (Å²) < 4.78 is 5.85. The van der Waals surface area contributed by atoms with Crippen molar-refractivity contribution in [2.45, 2.75) is 26.4 Å². The third kappa shape index (κ3) is 3.24. The fourth-order valence-corrected chi connectivity index (χ4v) is 3.29. The van der Waals surface area contributed by atoms with Gasteiger partial charge in [-0.3, -0.25) is 0 Å². The van der Waals surface area contributed by atoms with Crippen LogP contribution < -0.4 is 5.32 Å². The average molecular weight is 328 g/mol. The number of thiophene rings is 1. The van der Waals surface area contributed by atoms with E-state index in [1.54, 1.807) is 23.3 Å². The Morgan fingerprint density at radius 3 is 2.83 bits per heavy atom. The van der Waals surface area contributed by atoms with Crippen molar-refractivity contribution in [1.82, 2.24) is 10.2 Å². The first-order valence-electron chi connectivity index (χ1n) is 7.58.